The number of carbonyl (C=O) groups is 1. The first-order valence-electron chi connectivity index (χ1n) is 7.73. The van der Waals surface area contributed by atoms with Crippen LogP contribution in [0.3, 0.4) is 0 Å². The van der Waals surface area contributed by atoms with Gasteiger partial charge in [-0.25, -0.2) is 12.7 Å². The molecule has 8 heteroatoms. The van der Waals surface area contributed by atoms with E-state index in [1.807, 2.05) is 18.2 Å². The van der Waals surface area contributed by atoms with Crippen LogP contribution in [0.15, 0.2) is 56.2 Å². The van der Waals surface area contributed by atoms with Crippen molar-refractivity contribution < 1.29 is 17.6 Å². The Hall–Kier alpha value is -2.16. The van der Waals surface area contributed by atoms with Gasteiger partial charge in [-0.1, -0.05) is 18.2 Å². The van der Waals surface area contributed by atoms with Crippen molar-refractivity contribution in [3.05, 3.63) is 58.3 Å². The van der Waals surface area contributed by atoms with Crippen LogP contribution in [0, 0.1) is 6.92 Å². The average Bonchev–Trinajstić information content (AvgIpc) is 3.02. The number of hydrogen-bond donors (Lipinski definition) is 1. The Morgan fingerprint density at radius 3 is 2.54 bits per heavy atom. The minimum atomic E-state index is -3.60. The van der Waals surface area contributed by atoms with Crippen molar-refractivity contribution in [2.75, 3.05) is 19.4 Å². The van der Waals surface area contributed by atoms with Crippen LogP contribution >= 0.6 is 15.9 Å². The second kappa shape index (κ2) is 6.86. The quantitative estimate of drug-likeness (QED) is 0.669. The highest BCUT2D eigenvalue weighted by Crippen LogP contribution is 2.28. The maximum absolute atomic E-state index is 12.5. The average molecular weight is 437 g/mol. The molecule has 0 aliphatic heterocycles. The SMILES string of the molecule is Cc1ccc(NC(=O)c2cc3cccc(Br)c3o2)cc1S(=O)(=O)N(C)C. The van der Waals surface area contributed by atoms with Gasteiger partial charge in [-0.2, -0.15) is 0 Å². The van der Waals surface area contributed by atoms with E-state index in [0.29, 0.717) is 16.8 Å². The molecular formula is C18H17BrN2O4S. The molecule has 26 heavy (non-hydrogen) atoms. The monoisotopic (exact) mass is 436 g/mol. The Bertz CT molecular complexity index is 1100. The van der Waals surface area contributed by atoms with Gasteiger partial charge in [0.15, 0.2) is 5.76 Å². The van der Waals surface area contributed by atoms with E-state index in [9.17, 15) is 13.2 Å². The second-order valence-corrected chi connectivity index (χ2v) is 8.97. The number of benzene rings is 2. The highest BCUT2D eigenvalue weighted by molar-refractivity contribution is 9.10. The molecule has 0 spiro atoms. The predicted octanol–water partition coefficient (Wildman–Crippen LogP) is 4.01. The van der Waals surface area contributed by atoms with Crippen molar-refractivity contribution in [2.45, 2.75) is 11.8 Å². The van der Waals surface area contributed by atoms with Crippen LogP contribution in [0.25, 0.3) is 11.0 Å². The van der Waals surface area contributed by atoms with E-state index in [1.165, 1.54) is 20.2 Å². The van der Waals surface area contributed by atoms with Gasteiger partial charge in [0.25, 0.3) is 5.91 Å². The van der Waals surface area contributed by atoms with Crippen LogP contribution in [0.2, 0.25) is 0 Å². The molecule has 0 fully saturated rings. The lowest BCUT2D eigenvalue weighted by Gasteiger charge is -2.15. The van der Waals surface area contributed by atoms with Crippen LogP contribution in [0.4, 0.5) is 5.69 Å². The molecule has 0 saturated heterocycles. The number of nitrogens with zero attached hydrogens (tertiary/aromatic N) is 1. The first-order valence-corrected chi connectivity index (χ1v) is 9.96. The Balaban J connectivity index is 1.93. The summed E-state index contributed by atoms with van der Waals surface area (Å²) in [6, 6.07) is 11.9. The van der Waals surface area contributed by atoms with E-state index in [1.54, 1.807) is 25.1 Å². The molecule has 0 aliphatic rings. The first-order chi connectivity index (χ1) is 12.2. The molecule has 0 bridgehead atoms. The number of para-hydroxylation sites is 1. The van der Waals surface area contributed by atoms with Crippen molar-refractivity contribution in [3.8, 4) is 0 Å². The minimum Gasteiger partial charge on any atom is -0.450 e. The molecule has 3 rings (SSSR count). The summed E-state index contributed by atoms with van der Waals surface area (Å²) in [4.78, 5) is 12.6. The fourth-order valence-electron chi connectivity index (χ4n) is 2.48. The van der Waals surface area contributed by atoms with Gasteiger partial charge in [-0.3, -0.25) is 4.79 Å². The van der Waals surface area contributed by atoms with Gasteiger partial charge < -0.3 is 9.73 Å². The lowest BCUT2D eigenvalue weighted by molar-refractivity contribution is 0.0998. The standard InChI is InChI=1S/C18H17BrN2O4S/c1-11-7-8-13(10-16(11)26(23,24)21(2)3)20-18(22)15-9-12-5-4-6-14(19)17(12)25-15/h4-10H,1-3H3,(H,20,22). The summed E-state index contributed by atoms with van der Waals surface area (Å²) in [5.74, 6) is -0.311. The van der Waals surface area contributed by atoms with Crippen molar-refractivity contribution in [1.82, 2.24) is 4.31 Å². The third-order valence-electron chi connectivity index (χ3n) is 3.92. The smallest absolute Gasteiger partial charge is 0.291 e. The van der Waals surface area contributed by atoms with Gasteiger partial charge in [0.2, 0.25) is 10.0 Å². The molecule has 1 N–H and O–H groups in total. The van der Waals surface area contributed by atoms with Gasteiger partial charge >= 0.3 is 0 Å². The lowest BCUT2D eigenvalue weighted by Crippen LogP contribution is -2.23. The van der Waals surface area contributed by atoms with E-state index in [4.69, 9.17) is 4.42 Å². The largest absolute Gasteiger partial charge is 0.450 e. The summed E-state index contributed by atoms with van der Waals surface area (Å²) >= 11 is 3.38. The van der Waals surface area contributed by atoms with Crippen LogP contribution in [0.5, 0.6) is 0 Å². The molecule has 0 unspecified atom stereocenters. The molecule has 3 aromatic rings. The van der Waals surface area contributed by atoms with Crippen molar-refractivity contribution in [3.63, 3.8) is 0 Å². The first kappa shape index (κ1) is 18.6. The number of hydrogen-bond acceptors (Lipinski definition) is 4. The summed E-state index contributed by atoms with van der Waals surface area (Å²) in [6.07, 6.45) is 0. The fourth-order valence-corrected chi connectivity index (χ4v) is 4.09. The number of fused-ring (bicyclic) bond motifs is 1. The number of halogens is 1. The molecule has 2 aromatic carbocycles. The molecule has 1 aromatic heterocycles. The van der Waals surface area contributed by atoms with Gasteiger partial charge in [-0.05, 0) is 52.7 Å². The third kappa shape index (κ3) is 3.40. The number of nitrogens with one attached hydrogen (secondary N) is 1. The lowest BCUT2D eigenvalue weighted by atomic mass is 10.2. The van der Waals surface area contributed by atoms with Crippen molar-refractivity contribution in [2.24, 2.45) is 0 Å². The predicted molar refractivity (Wildman–Crippen MR) is 104 cm³/mol. The summed E-state index contributed by atoms with van der Waals surface area (Å²) in [6.45, 7) is 1.71. The molecule has 0 saturated carbocycles. The number of furan rings is 1. The maximum Gasteiger partial charge on any atom is 0.291 e. The number of anilines is 1. The van der Waals surface area contributed by atoms with E-state index >= 15 is 0 Å². The third-order valence-corrected chi connectivity index (χ3v) is 6.51. The van der Waals surface area contributed by atoms with E-state index < -0.39 is 15.9 Å². The molecular weight excluding hydrogens is 420 g/mol. The van der Waals surface area contributed by atoms with Crippen LogP contribution in [0.1, 0.15) is 16.1 Å². The molecule has 1 amide bonds. The van der Waals surface area contributed by atoms with E-state index in [0.717, 1.165) is 14.2 Å². The molecule has 0 radical (unpaired) electrons. The number of aryl methyl sites for hydroxylation is 1. The molecule has 0 atom stereocenters. The van der Waals surface area contributed by atoms with Gasteiger partial charge in [0, 0.05) is 25.2 Å². The zero-order valence-electron chi connectivity index (χ0n) is 14.4. The topological polar surface area (TPSA) is 79.6 Å². The number of sulfonamides is 1. The summed E-state index contributed by atoms with van der Waals surface area (Å²) in [5.41, 5.74) is 1.56. The van der Waals surface area contributed by atoms with Gasteiger partial charge in [-0.15, -0.1) is 0 Å². The highest BCUT2D eigenvalue weighted by Gasteiger charge is 2.21. The summed E-state index contributed by atoms with van der Waals surface area (Å²) in [5, 5.41) is 3.48. The normalized spacial score (nSPS) is 11.9. The van der Waals surface area contributed by atoms with Gasteiger partial charge in [0.05, 0.1) is 9.37 Å². The van der Waals surface area contributed by atoms with Crippen LogP contribution < -0.4 is 5.32 Å². The van der Waals surface area contributed by atoms with Crippen LogP contribution in [-0.2, 0) is 10.0 Å². The Morgan fingerprint density at radius 2 is 1.88 bits per heavy atom. The summed E-state index contributed by atoms with van der Waals surface area (Å²) < 4.78 is 32.3. The zero-order valence-corrected chi connectivity index (χ0v) is 16.8. The Kier molecular flexibility index (Phi) is 4.92. The maximum atomic E-state index is 12.5. The molecule has 136 valence electrons. The molecule has 0 aliphatic carbocycles. The fraction of sp³-hybridized carbons (Fsp3) is 0.167. The van der Waals surface area contributed by atoms with Crippen molar-refractivity contribution in [1.29, 1.82) is 0 Å². The van der Waals surface area contributed by atoms with Crippen molar-refractivity contribution >= 4 is 48.5 Å². The van der Waals surface area contributed by atoms with E-state index in [2.05, 4.69) is 21.2 Å². The van der Waals surface area contributed by atoms with E-state index in [-0.39, 0.29) is 10.7 Å². The number of rotatable bonds is 4. The number of amides is 1. The second-order valence-electron chi connectivity index (χ2n) is 5.99. The Labute approximate surface area is 160 Å². The molecule has 6 nitrogen and oxygen atoms in total. The van der Waals surface area contributed by atoms with Crippen LogP contribution in [-0.4, -0.2) is 32.7 Å². The highest BCUT2D eigenvalue weighted by atomic mass is 79.9. The number of carbonyl (C=O) groups excluding carboxylic acids is 1. The van der Waals surface area contributed by atoms with Gasteiger partial charge in [0.1, 0.15) is 5.58 Å². The minimum absolute atomic E-state index is 0.143. The zero-order chi connectivity index (χ0) is 19.1. The summed E-state index contributed by atoms with van der Waals surface area (Å²) in [7, 11) is -0.675. The molecule has 1 heterocycles. The Morgan fingerprint density at radius 1 is 1.15 bits per heavy atom.